The molecule has 2 heteroatoms. The lowest BCUT2D eigenvalue weighted by molar-refractivity contribution is 0.0237. The second-order valence-corrected chi connectivity index (χ2v) is 5.35. The third kappa shape index (κ3) is 1.73. The molecule has 3 rings (SSSR count). The first-order chi connectivity index (χ1) is 6.58. The average Bonchev–Trinajstić information content (AvgIpc) is 2.55. The monoisotopic (exact) mass is 194 g/mol. The first-order valence-electron chi connectivity index (χ1n) is 5.72. The lowest BCUT2D eigenvalue weighted by atomic mass is 10.0. The fourth-order valence-electron chi connectivity index (χ4n) is 2.76. The Labute approximate surface area is 87.6 Å². The van der Waals surface area contributed by atoms with Crippen molar-refractivity contribution in [3.63, 3.8) is 0 Å². The molecular weight excluding hydrogens is 172 g/mol. The normalized spacial score (nSPS) is 32.3. The Morgan fingerprint density at radius 2 is 2.21 bits per heavy atom. The minimum atomic E-state index is 0.735. The van der Waals surface area contributed by atoms with Gasteiger partial charge in [-0.3, -0.25) is 9.80 Å². The summed E-state index contributed by atoms with van der Waals surface area (Å²) in [5.41, 5.74) is 1.29. The van der Waals surface area contributed by atoms with Gasteiger partial charge in [0.25, 0.3) is 0 Å². The molecule has 2 atom stereocenters. The predicted octanol–water partition coefficient (Wildman–Crippen LogP) is 1.93. The molecule has 3 saturated heterocycles. The van der Waals surface area contributed by atoms with Crippen LogP contribution >= 0.6 is 0 Å². The minimum Gasteiger partial charge on any atom is -0.283 e. The molecule has 0 amide bonds. The Morgan fingerprint density at radius 3 is 2.79 bits per heavy atom. The van der Waals surface area contributed by atoms with Gasteiger partial charge in [0.05, 0.1) is 6.17 Å². The fourth-order valence-corrected chi connectivity index (χ4v) is 2.76. The van der Waals surface area contributed by atoms with Gasteiger partial charge in [0, 0.05) is 25.7 Å². The second kappa shape index (κ2) is 3.67. The standard InChI is InChI=1S/C12H22N2/c1-9(2)6-13-8-11-5-12(13)14(11)7-10(3)4/h10-12H,1,5-8H2,2-4H3. The van der Waals surface area contributed by atoms with E-state index in [0.717, 1.165) is 24.7 Å². The van der Waals surface area contributed by atoms with Gasteiger partial charge in [-0.15, -0.1) is 0 Å². The topological polar surface area (TPSA) is 6.48 Å². The molecule has 0 aromatic carbocycles. The van der Waals surface area contributed by atoms with E-state index in [9.17, 15) is 0 Å². The van der Waals surface area contributed by atoms with E-state index in [2.05, 4.69) is 37.1 Å². The summed E-state index contributed by atoms with van der Waals surface area (Å²) in [4.78, 5) is 5.24. The van der Waals surface area contributed by atoms with Crippen LogP contribution in [0.25, 0.3) is 0 Å². The van der Waals surface area contributed by atoms with Crippen molar-refractivity contribution in [2.75, 3.05) is 19.6 Å². The molecule has 2 bridgehead atoms. The third-order valence-electron chi connectivity index (χ3n) is 3.25. The highest BCUT2D eigenvalue weighted by Gasteiger charge is 2.49. The van der Waals surface area contributed by atoms with Crippen LogP contribution in [0.1, 0.15) is 27.2 Å². The van der Waals surface area contributed by atoms with Crippen molar-refractivity contribution < 1.29 is 0 Å². The highest BCUT2D eigenvalue weighted by atomic mass is 15.5. The maximum Gasteiger partial charge on any atom is 0.0644 e. The molecule has 14 heavy (non-hydrogen) atoms. The predicted molar refractivity (Wildman–Crippen MR) is 60.1 cm³/mol. The van der Waals surface area contributed by atoms with Crippen LogP contribution in [-0.2, 0) is 0 Å². The zero-order valence-electron chi connectivity index (χ0n) is 9.66. The van der Waals surface area contributed by atoms with Crippen molar-refractivity contribution in [1.29, 1.82) is 0 Å². The van der Waals surface area contributed by atoms with Gasteiger partial charge >= 0.3 is 0 Å². The summed E-state index contributed by atoms with van der Waals surface area (Å²) in [6, 6.07) is 0.849. The van der Waals surface area contributed by atoms with E-state index in [4.69, 9.17) is 0 Å². The van der Waals surface area contributed by atoms with Gasteiger partial charge in [-0.25, -0.2) is 0 Å². The third-order valence-corrected chi connectivity index (χ3v) is 3.25. The Balaban J connectivity index is 1.87. The van der Waals surface area contributed by atoms with E-state index in [1.165, 1.54) is 25.1 Å². The van der Waals surface area contributed by atoms with Crippen LogP contribution in [0, 0.1) is 5.92 Å². The van der Waals surface area contributed by atoms with Crippen molar-refractivity contribution in [1.82, 2.24) is 9.80 Å². The molecule has 3 aliphatic heterocycles. The number of rotatable bonds is 4. The Bertz CT molecular complexity index is 234. The van der Waals surface area contributed by atoms with Crippen LogP contribution in [0.2, 0.25) is 0 Å². The highest BCUT2D eigenvalue weighted by molar-refractivity contribution is 5.06. The zero-order chi connectivity index (χ0) is 10.3. The van der Waals surface area contributed by atoms with E-state index in [-0.39, 0.29) is 0 Å². The van der Waals surface area contributed by atoms with E-state index in [1.807, 2.05) is 0 Å². The zero-order valence-corrected chi connectivity index (χ0v) is 9.66. The number of nitrogens with zero attached hydrogens (tertiary/aromatic N) is 2. The minimum absolute atomic E-state index is 0.735. The van der Waals surface area contributed by atoms with Gasteiger partial charge in [0.2, 0.25) is 0 Å². The molecule has 0 aliphatic carbocycles. The van der Waals surface area contributed by atoms with E-state index in [1.54, 1.807) is 0 Å². The number of hydrogen-bond donors (Lipinski definition) is 0. The number of hydrogen-bond acceptors (Lipinski definition) is 2. The van der Waals surface area contributed by atoms with Crippen molar-refractivity contribution in [3.05, 3.63) is 12.2 Å². The van der Waals surface area contributed by atoms with Gasteiger partial charge in [-0.2, -0.15) is 0 Å². The van der Waals surface area contributed by atoms with Gasteiger partial charge in [0.15, 0.2) is 0 Å². The summed E-state index contributed by atoms with van der Waals surface area (Å²) >= 11 is 0. The van der Waals surface area contributed by atoms with Gasteiger partial charge in [0.1, 0.15) is 0 Å². The largest absolute Gasteiger partial charge is 0.283 e. The van der Waals surface area contributed by atoms with Crippen LogP contribution in [0.15, 0.2) is 12.2 Å². The fraction of sp³-hybridized carbons (Fsp3) is 0.833. The van der Waals surface area contributed by atoms with E-state index >= 15 is 0 Å². The summed E-state index contributed by atoms with van der Waals surface area (Å²) in [5.74, 6) is 0.796. The van der Waals surface area contributed by atoms with Crippen LogP contribution in [0.4, 0.5) is 0 Å². The average molecular weight is 194 g/mol. The molecule has 0 saturated carbocycles. The van der Waals surface area contributed by atoms with Gasteiger partial charge < -0.3 is 0 Å². The van der Waals surface area contributed by atoms with E-state index in [0.29, 0.717) is 0 Å². The quantitative estimate of drug-likeness (QED) is 0.631. The van der Waals surface area contributed by atoms with Crippen LogP contribution < -0.4 is 0 Å². The molecule has 0 N–H and O–H groups in total. The summed E-state index contributed by atoms with van der Waals surface area (Å²) < 4.78 is 0. The molecule has 0 radical (unpaired) electrons. The Hall–Kier alpha value is -0.340. The molecule has 2 nitrogen and oxygen atoms in total. The van der Waals surface area contributed by atoms with Crippen LogP contribution in [0.3, 0.4) is 0 Å². The molecule has 3 fully saturated rings. The van der Waals surface area contributed by atoms with Gasteiger partial charge in [-0.05, 0) is 19.3 Å². The van der Waals surface area contributed by atoms with Gasteiger partial charge in [-0.1, -0.05) is 26.0 Å². The first kappa shape index (κ1) is 10.2. The summed E-state index contributed by atoms with van der Waals surface area (Å²) in [6.45, 7) is 14.4. The van der Waals surface area contributed by atoms with Crippen molar-refractivity contribution in [2.45, 2.75) is 39.4 Å². The first-order valence-corrected chi connectivity index (χ1v) is 5.72. The molecule has 2 unspecified atom stereocenters. The molecule has 80 valence electrons. The number of fused-ring (bicyclic) bond motifs is 1. The molecule has 3 aliphatic rings. The van der Waals surface area contributed by atoms with Crippen molar-refractivity contribution >= 4 is 0 Å². The Kier molecular flexibility index (Phi) is 2.67. The smallest absolute Gasteiger partial charge is 0.0644 e. The summed E-state index contributed by atoms with van der Waals surface area (Å²) in [5, 5.41) is 0. The summed E-state index contributed by atoms with van der Waals surface area (Å²) in [6.07, 6.45) is 2.12. The van der Waals surface area contributed by atoms with Crippen LogP contribution in [-0.4, -0.2) is 41.6 Å². The molecular formula is C12H22N2. The van der Waals surface area contributed by atoms with E-state index < -0.39 is 0 Å². The molecule has 0 aromatic heterocycles. The summed E-state index contributed by atoms with van der Waals surface area (Å²) in [7, 11) is 0. The lowest BCUT2D eigenvalue weighted by Gasteiger charge is -2.42. The van der Waals surface area contributed by atoms with Crippen molar-refractivity contribution in [3.8, 4) is 0 Å². The van der Waals surface area contributed by atoms with Crippen LogP contribution in [0.5, 0.6) is 0 Å². The molecule has 0 aromatic rings. The maximum absolute atomic E-state index is 4.00. The second-order valence-electron chi connectivity index (χ2n) is 5.35. The maximum atomic E-state index is 4.00. The highest BCUT2D eigenvalue weighted by Crippen LogP contribution is 2.37. The lowest BCUT2D eigenvalue weighted by Crippen LogP contribution is -2.53. The Morgan fingerprint density at radius 1 is 1.50 bits per heavy atom. The molecule has 0 spiro atoms. The van der Waals surface area contributed by atoms with Crippen molar-refractivity contribution in [2.24, 2.45) is 5.92 Å². The molecule has 3 heterocycles. The SMILES string of the molecule is C=C(C)CN1CC2CC1N2CC(C)C.